The van der Waals surface area contributed by atoms with E-state index < -0.39 is 6.03 Å². The molecule has 114 valence electrons. The van der Waals surface area contributed by atoms with E-state index in [0.717, 1.165) is 31.7 Å². The highest BCUT2D eigenvalue weighted by molar-refractivity contribution is 5.80. The Kier molecular flexibility index (Phi) is 5.68. The number of likely N-dealkylation sites (tertiary alicyclic amines) is 1. The molecule has 1 aliphatic heterocycles. The van der Waals surface area contributed by atoms with Crippen molar-refractivity contribution in [2.45, 2.75) is 51.4 Å². The van der Waals surface area contributed by atoms with Gasteiger partial charge in [0.15, 0.2) is 0 Å². The molecular weight excluding hydrogens is 254 g/mol. The van der Waals surface area contributed by atoms with Crippen molar-refractivity contribution in [1.29, 1.82) is 0 Å². The lowest BCUT2D eigenvalue weighted by Crippen LogP contribution is -2.47. The van der Waals surface area contributed by atoms with Gasteiger partial charge in [0.05, 0.1) is 5.92 Å². The van der Waals surface area contributed by atoms with Crippen LogP contribution in [0.1, 0.15) is 51.4 Å². The topological polar surface area (TPSA) is 75.4 Å². The van der Waals surface area contributed by atoms with E-state index in [0.29, 0.717) is 13.1 Å². The average Bonchev–Trinajstić information content (AvgIpc) is 2.48. The summed E-state index contributed by atoms with van der Waals surface area (Å²) in [5, 5.41) is 3.04. The van der Waals surface area contributed by atoms with Gasteiger partial charge >= 0.3 is 6.03 Å². The van der Waals surface area contributed by atoms with Gasteiger partial charge in [-0.05, 0) is 25.2 Å². The molecular formula is C15H27N3O2. The van der Waals surface area contributed by atoms with E-state index >= 15 is 0 Å². The molecule has 0 unspecified atom stereocenters. The van der Waals surface area contributed by atoms with Crippen molar-refractivity contribution in [3.05, 3.63) is 0 Å². The Labute approximate surface area is 121 Å². The van der Waals surface area contributed by atoms with Gasteiger partial charge in [-0.15, -0.1) is 0 Å². The SMILES string of the molecule is NC(=O)N1CCC[C@@H](C(=O)NCCC2CCCCC2)C1. The van der Waals surface area contributed by atoms with E-state index in [9.17, 15) is 9.59 Å². The summed E-state index contributed by atoms with van der Waals surface area (Å²) in [6, 6.07) is -0.412. The van der Waals surface area contributed by atoms with Gasteiger partial charge in [-0.2, -0.15) is 0 Å². The van der Waals surface area contributed by atoms with E-state index in [1.54, 1.807) is 4.90 Å². The third kappa shape index (κ3) is 4.39. The van der Waals surface area contributed by atoms with Gasteiger partial charge < -0.3 is 16.0 Å². The number of hydrogen-bond acceptors (Lipinski definition) is 2. The molecule has 1 aliphatic carbocycles. The first-order valence-corrected chi connectivity index (χ1v) is 7.99. The van der Waals surface area contributed by atoms with Gasteiger partial charge in [-0.25, -0.2) is 4.79 Å². The average molecular weight is 281 g/mol. The summed E-state index contributed by atoms with van der Waals surface area (Å²) in [6.45, 7) is 1.93. The fraction of sp³-hybridized carbons (Fsp3) is 0.867. The standard InChI is InChI=1S/C15H27N3O2/c16-15(20)18-10-4-7-13(11-18)14(19)17-9-8-12-5-2-1-3-6-12/h12-13H,1-11H2,(H2,16,20)(H,17,19)/t13-/m1/s1. The van der Waals surface area contributed by atoms with Crippen LogP contribution in [0.25, 0.3) is 0 Å². The molecule has 0 spiro atoms. The van der Waals surface area contributed by atoms with Crippen LogP contribution in [0, 0.1) is 11.8 Å². The van der Waals surface area contributed by atoms with E-state index in [1.165, 1.54) is 32.1 Å². The molecule has 2 aliphatic rings. The number of urea groups is 1. The molecule has 5 heteroatoms. The van der Waals surface area contributed by atoms with Crippen LogP contribution in [0.15, 0.2) is 0 Å². The van der Waals surface area contributed by atoms with Crippen LogP contribution in [0.2, 0.25) is 0 Å². The van der Waals surface area contributed by atoms with Crippen molar-refractivity contribution in [3.63, 3.8) is 0 Å². The Bertz CT molecular complexity index is 340. The molecule has 2 rings (SSSR count). The zero-order chi connectivity index (χ0) is 14.4. The number of nitrogens with two attached hydrogens (primary N) is 1. The number of hydrogen-bond donors (Lipinski definition) is 2. The summed E-state index contributed by atoms with van der Waals surface area (Å²) in [4.78, 5) is 24.9. The predicted molar refractivity (Wildman–Crippen MR) is 78.1 cm³/mol. The van der Waals surface area contributed by atoms with E-state index in [1.807, 2.05) is 0 Å². The first kappa shape index (κ1) is 15.1. The molecule has 1 saturated heterocycles. The monoisotopic (exact) mass is 281 g/mol. The summed E-state index contributed by atoms with van der Waals surface area (Å²) in [5.41, 5.74) is 5.28. The number of carbonyl (C=O) groups excluding carboxylic acids is 2. The van der Waals surface area contributed by atoms with Crippen LogP contribution in [0.3, 0.4) is 0 Å². The van der Waals surface area contributed by atoms with E-state index in [-0.39, 0.29) is 11.8 Å². The van der Waals surface area contributed by atoms with Crippen LogP contribution in [0.5, 0.6) is 0 Å². The summed E-state index contributed by atoms with van der Waals surface area (Å²) < 4.78 is 0. The maximum absolute atomic E-state index is 12.1. The van der Waals surface area contributed by atoms with Gasteiger partial charge in [0.25, 0.3) is 0 Å². The first-order valence-electron chi connectivity index (χ1n) is 7.99. The van der Waals surface area contributed by atoms with Crippen LogP contribution in [-0.2, 0) is 4.79 Å². The molecule has 0 aromatic heterocycles. The molecule has 5 nitrogen and oxygen atoms in total. The van der Waals surface area contributed by atoms with Gasteiger partial charge in [0.2, 0.25) is 5.91 Å². The zero-order valence-corrected chi connectivity index (χ0v) is 12.3. The lowest BCUT2D eigenvalue weighted by atomic mass is 9.87. The Hall–Kier alpha value is -1.26. The molecule has 1 heterocycles. The highest BCUT2D eigenvalue weighted by Crippen LogP contribution is 2.25. The fourth-order valence-corrected chi connectivity index (χ4v) is 3.41. The highest BCUT2D eigenvalue weighted by atomic mass is 16.2. The Balaban J connectivity index is 1.67. The maximum Gasteiger partial charge on any atom is 0.314 e. The number of piperidine rings is 1. The second-order valence-corrected chi connectivity index (χ2v) is 6.21. The quantitative estimate of drug-likeness (QED) is 0.825. The number of rotatable bonds is 4. The summed E-state index contributed by atoms with van der Waals surface area (Å²) in [6.07, 6.45) is 9.50. The van der Waals surface area contributed by atoms with Crippen molar-refractivity contribution < 1.29 is 9.59 Å². The normalized spacial score (nSPS) is 24.4. The molecule has 3 amide bonds. The molecule has 1 saturated carbocycles. The number of nitrogens with one attached hydrogen (secondary N) is 1. The highest BCUT2D eigenvalue weighted by Gasteiger charge is 2.27. The van der Waals surface area contributed by atoms with Gasteiger partial charge in [-0.1, -0.05) is 32.1 Å². The molecule has 20 heavy (non-hydrogen) atoms. The van der Waals surface area contributed by atoms with Crippen LogP contribution >= 0.6 is 0 Å². The number of primary amides is 1. The zero-order valence-electron chi connectivity index (χ0n) is 12.3. The van der Waals surface area contributed by atoms with Crippen molar-refractivity contribution >= 4 is 11.9 Å². The van der Waals surface area contributed by atoms with Crippen molar-refractivity contribution in [2.24, 2.45) is 17.6 Å². The Morgan fingerprint density at radius 1 is 1.10 bits per heavy atom. The molecule has 0 aromatic carbocycles. The van der Waals surface area contributed by atoms with Gasteiger partial charge in [0, 0.05) is 19.6 Å². The van der Waals surface area contributed by atoms with Crippen molar-refractivity contribution in [1.82, 2.24) is 10.2 Å². The number of carbonyl (C=O) groups is 2. The third-order valence-corrected chi connectivity index (χ3v) is 4.68. The molecule has 2 fully saturated rings. The summed E-state index contributed by atoms with van der Waals surface area (Å²) in [5.74, 6) is 0.798. The predicted octanol–water partition coefficient (Wildman–Crippen LogP) is 1.86. The number of nitrogens with zero attached hydrogens (tertiary/aromatic N) is 1. The van der Waals surface area contributed by atoms with Gasteiger partial charge in [0.1, 0.15) is 0 Å². The lowest BCUT2D eigenvalue weighted by Gasteiger charge is -2.30. The first-order chi connectivity index (χ1) is 9.66. The van der Waals surface area contributed by atoms with Crippen LogP contribution < -0.4 is 11.1 Å². The lowest BCUT2D eigenvalue weighted by molar-refractivity contribution is -0.126. The minimum Gasteiger partial charge on any atom is -0.356 e. The van der Waals surface area contributed by atoms with E-state index in [4.69, 9.17) is 5.73 Å². The van der Waals surface area contributed by atoms with Crippen molar-refractivity contribution in [3.8, 4) is 0 Å². The van der Waals surface area contributed by atoms with Crippen LogP contribution in [0.4, 0.5) is 4.79 Å². The molecule has 0 aromatic rings. The largest absolute Gasteiger partial charge is 0.356 e. The molecule has 0 bridgehead atoms. The third-order valence-electron chi connectivity index (χ3n) is 4.68. The molecule has 3 N–H and O–H groups in total. The molecule has 0 radical (unpaired) electrons. The second kappa shape index (κ2) is 7.50. The summed E-state index contributed by atoms with van der Waals surface area (Å²) in [7, 11) is 0. The minimum absolute atomic E-state index is 0.0809. The summed E-state index contributed by atoms with van der Waals surface area (Å²) >= 11 is 0. The van der Waals surface area contributed by atoms with Crippen molar-refractivity contribution in [2.75, 3.05) is 19.6 Å². The molecule has 1 atom stereocenters. The number of amides is 3. The minimum atomic E-state index is -0.412. The fourth-order valence-electron chi connectivity index (χ4n) is 3.41. The van der Waals surface area contributed by atoms with Crippen LogP contribution in [-0.4, -0.2) is 36.5 Å². The maximum atomic E-state index is 12.1. The van der Waals surface area contributed by atoms with Gasteiger partial charge in [-0.3, -0.25) is 4.79 Å². The Morgan fingerprint density at radius 2 is 1.85 bits per heavy atom. The second-order valence-electron chi connectivity index (χ2n) is 6.21. The Morgan fingerprint density at radius 3 is 2.55 bits per heavy atom. The van der Waals surface area contributed by atoms with E-state index in [2.05, 4.69) is 5.32 Å². The smallest absolute Gasteiger partial charge is 0.314 e.